The van der Waals surface area contributed by atoms with E-state index in [-0.39, 0.29) is 24.2 Å². The molecule has 0 heterocycles. The van der Waals surface area contributed by atoms with Crippen molar-refractivity contribution in [2.75, 3.05) is 20.8 Å². The van der Waals surface area contributed by atoms with Gasteiger partial charge in [0.1, 0.15) is 12.2 Å². The second-order valence-corrected chi connectivity index (χ2v) is 12.0. The molecule has 1 saturated carbocycles. The molecule has 2 rings (SSSR count). The van der Waals surface area contributed by atoms with Crippen molar-refractivity contribution < 1.29 is 33.8 Å². The lowest BCUT2D eigenvalue weighted by molar-refractivity contribution is -0.136. The van der Waals surface area contributed by atoms with Crippen molar-refractivity contribution in [1.82, 2.24) is 21.1 Å². The second-order valence-electron chi connectivity index (χ2n) is 12.0. The molecular weight excluding hydrogens is 554 g/mol. The van der Waals surface area contributed by atoms with Gasteiger partial charge >= 0.3 is 12.2 Å². The summed E-state index contributed by atoms with van der Waals surface area (Å²) in [5, 5.41) is 18.5. The second kappa shape index (κ2) is 17.8. The molecule has 43 heavy (non-hydrogen) atoms. The minimum atomic E-state index is -1.43. The zero-order valence-electron chi connectivity index (χ0n) is 26.4. The summed E-state index contributed by atoms with van der Waals surface area (Å²) in [6, 6.07) is 7.36. The topological polar surface area (TPSA) is 172 Å². The Labute approximate surface area is 255 Å². The first-order valence-corrected chi connectivity index (χ1v) is 15.2. The summed E-state index contributed by atoms with van der Waals surface area (Å²) in [6.45, 7) is 7.51. The number of rotatable bonds is 15. The van der Waals surface area contributed by atoms with Gasteiger partial charge < -0.3 is 30.9 Å². The molecule has 12 nitrogen and oxygen atoms in total. The van der Waals surface area contributed by atoms with Crippen LogP contribution in [0.4, 0.5) is 9.59 Å². The molecule has 1 aliphatic carbocycles. The van der Waals surface area contributed by atoms with Crippen LogP contribution in [0.15, 0.2) is 30.3 Å². The fourth-order valence-corrected chi connectivity index (χ4v) is 5.48. The average molecular weight is 606 g/mol. The Balaban J connectivity index is 2.44. The van der Waals surface area contributed by atoms with Gasteiger partial charge in [-0.1, -0.05) is 77.3 Å². The average Bonchev–Trinajstić information content (AvgIpc) is 3.00. The molecule has 1 aliphatic rings. The van der Waals surface area contributed by atoms with Gasteiger partial charge in [-0.2, -0.15) is 0 Å². The number of ether oxygens (including phenoxy) is 2. The van der Waals surface area contributed by atoms with Crippen LogP contribution in [0.2, 0.25) is 0 Å². The van der Waals surface area contributed by atoms with E-state index in [9.17, 15) is 24.3 Å². The van der Waals surface area contributed by atoms with E-state index in [4.69, 9.17) is 15.2 Å². The molecule has 0 aromatic heterocycles. The van der Waals surface area contributed by atoms with E-state index < -0.39 is 54.1 Å². The Hall–Kier alpha value is -3.22. The van der Waals surface area contributed by atoms with Crippen LogP contribution in [0.1, 0.15) is 65.4 Å². The largest absolute Gasteiger partial charge is 0.453 e. The molecule has 3 amide bonds. The maximum Gasteiger partial charge on any atom is 0.407 e. The van der Waals surface area contributed by atoms with Crippen molar-refractivity contribution in [2.45, 2.75) is 90.6 Å². The normalized spacial score (nSPS) is 17.5. The van der Waals surface area contributed by atoms with Gasteiger partial charge in [0.25, 0.3) is 5.91 Å². The monoisotopic (exact) mass is 605 g/mol. The van der Waals surface area contributed by atoms with Gasteiger partial charge in [0.2, 0.25) is 0 Å². The number of hydrogen-bond acceptors (Lipinski definition) is 9. The van der Waals surface area contributed by atoms with Gasteiger partial charge in [-0.15, -0.1) is 0 Å². The Kier molecular flexibility index (Phi) is 14.9. The highest BCUT2D eigenvalue weighted by Gasteiger charge is 2.40. The van der Waals surface area contributed by atoms with Crippen LogP contribution in [-0.2, 0) is 25.5 Å². The van der Waals surface area contributed by atoms with Crippen LogP contribution >= 0.6 is 0 Å². The van der Waals surface area contributed by atoms with E-state index in [1.54, 1.807) is 27.7 Å². The number of nitrogens with zero attached hydrogens (tertiary/aromatic N) is 1. The zero-order valence-corrected chi connectivity index (χ0v) is 26.4. The van der Waals surface area contributed by atoms with E-state index in [1.807, 2.05) is 30.3 Å². The standard InChI is InChI=1S/C31H51N5O7/c1-19(2)24(33-30(40)42-5)26(37)23(17-21-13-9-7-10-14-21)27(38)28(32)36(18-22-15-11-8-12-16-22)35-29(39)25(20(3)4)34-31(41)43-6/h7,9-10,13-14,19-20,22-25,27-28,38H,8,11-12,15-18,32H2,1-6H3,(H,33,40)(H,34,41)(H,35,39)/t23-,24-,25-,27+,28?/m0/s1. The van der Waals surface area contributed by atoms with Gasteiger partial charge in [0.15, 0.2) is 5.78 Å². The lowest BCUT2D eigenvalue weighted by Crippen LogP contribution is -2.64. The van der Waals surface area contributed by atoms with Gasteiger partial charge in [-0.3, -0.25) is 15.0 Å². The van der Waals surface area contributed by atoms with Crippen LogP contribution in [0.5, 0.6) is 0 Å². The molecule has 242 valence electrons. The van der Waals surface area contributed by atoms with Crippen molar-refractivity contribution in [3.05, 3.63) is 35.9 Å². The molecule has 5 atom stereocenters. The minimum Gasteiger partial charge on any atom is -0.453 e. The highest BCUT2D eigenvalue weighted by Crippen LogP contribution is 2.26. The predicted octanol–water partition coefficient (Wildman–Crippen LogP) is 2.73. The summed E-state index contributed by atoms with van der Waals surface area (Å²) < 4.78 is 9.45. The number of carbonyl (C=O) groups is 4. The number of nitrogens with one attached hydrogen (secondary N) is 3. The Morgan fingerprint density at radius 1 is 0.907 bits per heavy atom. The molecule has 6 N–H and O–H groups in total. The highest BCUT2D eigenvalue weighted by molar-refractivity contribution is 5.90. The number of carbonyl (C=O) groups excluding carboxylic acids is 4. The number of aliphatic hydroxyl groups excluding tert-OH is 1. The van der Waals surface area contributed by atoms with Crippen LogP contribution < -0.4 is 21.8 Å². The van der Waals surface area contributed by atoms with Gasteiger partial charge in [0.05, 0.1) is 32.3 Å². The third-order valence-corrected chi connectivity index (χ3v) is 8.06. The molecule has 1 aromatic carbocycles. The highest BCUT2D eigenvalue weighted by atomic mass is 16.5. The summed E-state index contributed by atoms with van der Waals surface area (Å²) in [6.07, 6.45) is 1.15. The van der Waals surface area contributed by atoms with Crippen molar-refractivity contribution >= 4 is 23.9 Å². The van der Waals surface area contributed by atoms with E-state index in [1.165, 1.54) is 19.2 Å². The van der Waals surface area contributed by atoms with Crippen molar-refractivity contribution in [3.8, 4) is 0 Å². The number of Topliss-reactive ketones (excluding diaryl/α,β-unsaturated/α-hetero) is 1. The number of methoxy groups -OCH3 is 2. The molecule has 1 unspecified atom stereocenters. The Morgan fingerprint density at radius 3 is 1.95 bits per heavy atom. The van der Waals surface area contributed by atoms with Gasteiger partial charge in [0, 0.05) is 6.54 Å². The summed E-state index contributed by atoms with van der Waals surface area (Å²) in [5.41, 5.74) is 10.4. The number of benzene rings is 1. The van der Waals surface area contributed by atoms with Crippen LogP contribution in [0.3, 0.4) is 0 Å². The van der Waals surface area contributed by atoms with E-state index in [0.717, 1.165) is 37.7 Å². The molecule has 0 spiro atoms. The summed E-state index contributed by atoms with van der Waals surface area (Å²) in [4.78, 5) is 51.6. The van der Waals surface area contributed by atoms with Crippen molar-refractivity contribution in [2.24, 2.45) is 29.4 Å². The Morgan fingerprint density at radius 2 is 1.44 bits per heavy atom. The smallest absolute Gasteiger partial charge is 0.407 e. The predicted molar refractivity (Wildman–Crippen MR) is 162 cm³/mol. The zero-order chi connectivity index (χ0) is 32.1. The summed E-state index contributed by atoms with van der Waals surface area (Å²) >= 11 is 0. The fraction of sp³-hybridized carbons (Fsp3) is 0.677. The molecule has 12 heteroatoms. The molecule has 0 radical (unpaired) electrons. The molecule has 0 bridgehead atoms. The SMILES string of the molecule is COC(=O)N[C@H](C(=O)NN(CC1CCCCC1)C(N)[C@H](O)[C@@H](Cc1ccccc1)C(=O)[C@@H](NC(=O)OC)C(C)C)C(C)C. The quantitative estimate of drug-likeness (QED) is 0.149. The maximum atomic E-state index is 14.0. The first-order valence-electron chi connectivity index (χ1n) is 15.2. The van der Waals surface area contributed by atoms with Crippen molar-refractivity contribution in [1.29, 1.82) is 0 Å². The van der Waals surface area contributed by atoms with Crippen molar-refractivity contribution in [3.63, 3.8) is 0 Å². The molecule has 0 aliphatic heterocycles. The van der Waals surface area contributed by atoms with Gasteiger partial charge in [-0.05, 0) is 42.6 Å². The van der Waals surface area contributed by atoms with Crippen LogP contribution in [0.25, 0.3) is 0 Å². The molecule has 0 saturated heterocycles. The number of hydrogen-bond donors (Lipinski definition) is 5. The first-order chi connectivity index (χ1) is 20.4. The minimum absolute atomic E-state index is 0.157. The fourth-order valence-electron chi connectivity index (χ4n) is 5.48. The summed E-state index contributed by atoms with van der Waals surface area (Å²) in [5.74, 6) is -2.31. The van der Waals surface area contributed by atoms with E-state index in [2.05, 4.69) is 16.1 Å². The summed E-state index contributed by atoms with van der Waals surface area (Å²) in [7, 11) is 2.43. The number of amides is 3. The molecular formula is C31H51N5O7. The van der Waals surface area contributed by atoms with E-state index in [0.29, 0.717) is 6.54 Å². The third-order valence-electron chi connectivity index (χ3n) is 8.06. The van der Waals surface area contributed by atoms with Crippen LogP contribution in [-0.4, -0.2) is 79.1 Å². The lowest BCUT2D eigenvalue weighted by Gasteiger charge is -2.39. The maximum absolute atomic E-state index is 14.0. The number of nitrogens with two attached hydrogens (primary N) is 1. The number of hydrazine groups is 1. The number of ketones is 1. The Bertz CT molecular complexity index is 1030. The molecule has 1 fully saturated rings. The van der Waals surface area contributed by atoms with Gasteiger partial charge in [-0.25, -0.2) is 14.6 Å². The van der Waals surface area contributed by atoms with Crippen LogP contribution in [0, 0.1) is 23.7 Å². The number of aliphatic hydroxyl groups is 1. The number of alkyl carbamates (subject to hydrolysis) is 2. The lowest BCUT2D eigenvalue weighted by atomic mass is 9.82. The van der Waals surface area contributed by atoms with E-state index >= 15 is 0 Å². The third kappa shape index (κ3) is 11.1. The molecule has 1 aromatic rings. The first kappa shape index (κ1) is 36.0.